The van der Waals surface area contributed by atoms with Crippen LogP contribution in [0, 0.1) is 11.5 Å². The van der Waals surface area contributed by atoms with Crippen molar-refractivity contribution in [2.24, 2.45) is 0 Å². The molecule has 1 heterocycles. The van der Waals surface area contributed by atoms with Crippen LogP contribution < -0.4 is 5.32 Å². The van der Waals surface area contributed by atoms with Crippen LogP contribution in [0.15, 0.2) is 16.9 Å². The van der Waals surface area contributed by atoms with E-state index in [0.717, 1.165) is 15.9 Å². The van der Waals surface area contributed by atoms with E-state index in [1.54, 1.807) is 0 Å². The van der Waals surface area contributed by atoms with Gasteiger partial charge in [-0.15, -0.1) is 5.54 Å². The van der Waals surface area contributed by atoms with Gasteiger partial charge in [-0.1, -0.05) is 25.6 Å². The third kappa shape index (κ3) is 5.38. The van der Waals surface area contributed by atoms with Crippen LogP contribution in [0.25, 0.3) is 0 Å². The standard InChI is InChI=1S/C13H19BrN2Si/c1-10(2)16-12-8-13(14)15-9-11(12)6-7-17(3,4)5/h8-10H,1-5H3,(H,15,16). The number of pyridine rings is 1. The molecule has 0 aliphatic rings. The van der Waals surface area contributed by atoms with E-state index in [1.807, 2.05) is 12.3 Å². The second-order valence-corrected chi connectivity index (χ2v) is 10.9. The lowest BCUT2D eigenvalue weighted by molar-refractivity contribution is 0.897. The molecule has 0 aliphatic heterocycles. The molecule has 0 amide bonds. The third-order valence-corrected chi connectivity index (χ3v) is 3.20. The van der Waals surface area contributed by atoms with Gasteiger partial charge in [-0.3, -0.25) is 0 Å². The van der Waals surface area contributed by atoms with E-state index in [2.05, 4.69) is 71.2 Å². The van der Waals surface area contributed by atoms with Crippen LogP contribution in [0.5, 0.6) is 0 Å². The summed E-state index contributed by atoms with van der Waals surface area (Å²) in [4.78, 5) is 4.24. The summed E-state index contributed by atoms with van der Waals surface area (Å²) in [5.41, 5.74) is 5.39. The van der Waals surface area contributed by atoms with E-state index in [-0.39, 0.29) is 0 Å². The fourth-order valence-electron chi connectivity index (χ4n) is 1.21. The largest absolute Gasteiger partial charge is 0.382 e. The van der Waals surface area contributed by atoms with Gasteiger partial charge >= 0.3 is 0 Å². The summed E-state index contributed by atoms with van der Waals surface area (Å²) in [6, 6.07) is 2.37. The Balaban J connectivity index is 3.09. The predicted molar refractivity (Wildman–Crippen MR) is 80.9 cm³/mol. The third-order valence-electron chi connectivity index (χ3n) is 1.89. The first-order valence-corrected chi connectivity index (χ1v) is 10.0. The van der Waals surface area contributed by atoms with Crippen LogP contribution in [0.4, 0.5) is 5.69 Å². The average Bonchev–Trinajstić information content (AvgIpc) is 2.14. The molecule has 4 heteroatoms. The van der Waals surface area contributed by atoms with Crippen molar-refractivity contribution in [2.75, 3.05) is 5.32 Å². The molecule has 1 rings (SSSR count). The van der Waals surface area contributed by atoms with E-state index >= 15 is 0 Å². The first-order chi connectivity index (χ1) is 7.78. The number of hydrogen-bond donors (Lipinski definition) is 1. The van der Waals surface area contributed by atoms with Crippen molar-refractivity contribution < 1.29 is 0 Å². The monoisotopic (exact) mass is 310 g/mol. The maximum Gasteiger partial charge on any atom is 0.129 e. The lowest BCUT2D eigenvalue weighted by atomic mass is 10.2. The van der Waals surface area contributed by atoms with Crippen LogP contribution in [0.1, 0.15) is 19.4 Å². The van der Waals surface area contributed by atoms with Gasteiger partial charge in [0.1, 0.15) is 12.7 Å². The minimum atomic E-state index is -1.34. The number of anilines is 1. The molecule has 0 saturated heterocycles. The zero-order chi connectivity index (χ0) is 13.1. The molecular formula is C13H19BrN2Si. The molecule has 1 aromatic rings. The molecular weight excluding hydrogens is 292 g/mol. The van der Waals surface area contributed by atoms with Crippen molar-refractivity contribution in [1.82, 2.24) is 4.98 Å². The number of rotatable bonds is 2. The molecule has 1 aromatic heterocycles. The number of aromatic nitrogens is 1. The van der Waals surface area contributed by atoms with E-state index < -0.39 is 8.07 Å². The van der Waals surface area contributed by atoms with Gasteiger partial charge in [0, 0.05) is 12.2 Å². The highest BCUT2D eigenvalue weighted by Crippen LogP contribution is 2.19. The van der Waals surface area contributed by atoms with Gasteiger partial charge in [0.15, 0.2) is 0 Å². The molecule has 0 fully saturated rings. The molecule has 0 saturated carbocycles. The molecule has 0 unspecified atom stereocenters. The fraction of sp³-hybridized carbons (Fsp3) is 0.462. The van der Waals surface area contributed by atoms with Crippen LogP contribution in [-0.2, 0) is 0 Å². The quantitative estimate of drug-likeness (QED) is 0.509. The number of nitrogens with zero attached hydrogens (tertiary/aromatic N) is 1. The Labute approximate surface area is 113 Å². The van der Waals surface area contributed by atoms with Crippen molar-refractivity contribution in [3.05, 3.63) is 22.4 Å². The Morgan fingerprint density at radius 2 is 2.00 bits per heavy atom. The molecule has 1 N–H and O–H groups in total. The minimum absolute atomic E-state index is 0.386. The molecule has 0 radical (unpaired) electrons. The molecule has 0 atom stereocenters. The van der Waals surface area contributed by atoms with Gasteiger partial charge in [0.25, 0.3) is 0 Å². The number of hydrogen-bond acceptors (Lipinski definition) is 2. The first-order valence-electron chi connectivity index (χ1n) is 5.73. The lowest BCUT2D eigenvalue weighted by Crippen LogP contribution is -2.16. The van der Waals surface area contributed by atoms with Gasteiger partial charge in [-0.05, 0) is 35.8 Å². The maximum absolute atomic E-state index is 4.24. The highest BCUT2D eigenvalue weighted by molar-refractivity contribution is 9.10. The summed E-state index contributed by atoms with van der Waals surface area (Å²) in [7, 11) is -1.34. The topological polar surface area (TPSA) is 24.9 Å². The van der Waals surface area contributed by atoms with Crippen molar-refractivity contribution in [3.63, 3.8) is 0 Å². The molecule has 17 heavy (non-hydrogen) atoms. The summed E-state index contributed by atoms with van der Waals surface area (Å²) >= 11 is 3.39. The Hall–Kier alpha value is -0.793. The van der Waals surface area contributed by atoms with Crippen molar-refractivity contribution in [3.8, 4) is 11.5 Å². The summed E-state index contributed by atoms with van der Waals surface area (Å²) in [6.07, 6.45) is 1.82. The van der Waals surface area contributed by atoms with E-state index in [1.165, 1.54) is 0 Å². The molecule has 92 valence electrons. The normalized spacial score (nSPS) is 11.0. The molecule has 0 spiro atoms. The van der Waals surface area contributed by atoms with Gasteiger partial charge < -0.3 is 5.32 Å². The lowest BCUT2D eigenvalue weighted by Gasteiger charge is -2.12. The zero-order valence-electron chi connectivity index (χ0n) is 11.1. The van der Waals surface area contributed by atoms with E-state index in [4.69, 9.17) is 0 Å². The van der Waals surface area contributed by atoms with Crippen molar-refractivity contribution in [1.29, 1.82) is 0 Å². The SMILES string of the molecule is CC(C)Nc1cc(Br)ncc1C#C[Si](C)(C)C. The molecule has 0 bridgehead atoms. The summed E-state index contributed by atoms with van der Waals surface area (Å²) in [5.74, 6) is 3.25. The van der Waals surface area contributed by atoms with Crippen molar-refractivity contribution >= 4 is 29.7 Å². The molecule has 2 nitrogen and oxygen atoms in total. The Morgan fingerprint density at radius 3 is 2.53 bits per heavy atom. The fourth-order valence-corrected chi connectivity index (χ4v) is 2.06. The van der Waals surface area contributed by atoms with Crippen LogP contribution in [0.3, 0.4) is 0 Å². The van der Waals surface area contributed by atoms with Crippen molar-refractivity contribution in [2.45, 2.75) is 39.5 Å². The number of halogens is 1. The van der Waals surface area contributed by atoms with E-state index in [0.29, 0.717) is 6.04 Å². The Morgan fingerprint density at radius 1 is 1.35 bits per heavy atom. The first kappa shape index (κ1) is 14.3. The van der Waals surface area contributed by atoms with Crippen LogP contribution >= 0.6 is 15.9 Å². The zero-order valence-corrected chi connectivity index (χ0v) is 13.6. The number of nitrogens with one attached hydrogen (secondary N) is 1. The summed E-state index contributed by atoms with van der Waals surface area (Å²) in [6.45, 7) is 10.9. The molecule has 0 aromatic carbocycles. The van der Waals surface area contributed by atoms with Gasteiger partial charge in [0.2, 0.25) is 0 Å². The van der Waals surface area contributed by atoms with Gasteiger partial charge in [-0.25, -0.2) is 4.98 Å². The van der Waals surface area contributed by atoms with Crippen LogP contribution in [-0.4, -0.2) is 19.1 Å². The second-order valence-electron chi connectivity index (χ2n) is 5.35. The predicted octanol–water partition coefficient (Wildman–Crippen LogP) is 3.89. The Kier molecular flexibility index (Phi) is 4.78. The van der Waals surface area contributed by atoms with Crippen LogP contribution in [0.2, 0.25) is 19.6 Å². The molecule has 0 aliphatic carbocycles. The average molecular weight is 311 g/mol. The summed E-state index contributed by atoms with van der Waals surface area (Å²) in [5, 5.41) is 3.39. The highest BCUT2D eigenvalue weighted by atomic mass is 79.9. The van der Waals surface area contributed by atoms with Gasteiger partial charge in [-0.2, -0.15) is 0 Å². The van der Waals surface area contributed by atoms with E-state index in [9.17, 15) is 0 Å². The summed E-state index contributed by atoms with van der Waals surface area (Å²) < 4.78 is 0.833. The second kappa shape index (κ2) is 5.70. The minimum Gasteiger partial charge on any atom is -0.382 e. The van der Waals surface area contributed by atoms with Gasteiger partial charge in [0.05, 0.1) is 11.3 Å². The highest BCUT2D eigenvalue weighted by Gasteiger charge is 2.09. The smallest absolute Gasteiger partial charge is 0.129 e. The Bertz CT molecular complexity index is 453. The maximum atomic E-state index is 4.24.